The molecule has 0 aromatic heterocycles. The zero-order valence-electron chi connectivity index (χ0n) is 14.8. The van der Waals surface area contributed by atoms with Crippen LogP contribution in [0.2, 0.25) is 0 Å². The minimum atomic E-state index is -0.792. The molecule has 0 unspecified atom stereocenters. The first-order chi connectivity index (χ1) is 13.2. The second-order valence-corrected chi connectivity index (χ2v) is 6.24. The summed E-state index contributed by atoms with van der Waals surface area (Å²) in [5.41, 5.74) is 11.6. The number of ether oxygens (including phenoxy) is 1. The number of hydroxylamine groups is 1. The highest BCUT2D eigenvalue weighted by Gasteiger charge is 2.13. The maximum absolute atomic E-state index is 11.3. The number of nitrogens with two attached hydrogens (primary N) is 1. The highest BCUT2D eigenvalue weighted by atomic mass is 16.5. The minimum absolute atomic E-state index is 0.337. The molecule has 0 bridgehead atoms. The van der Waals surface area contributed by atoms with Crippen LogP contribution in [0.3, 0.4) is 0 Å². The number of hydrogen-bond donors (Lipinski definition) is 3. The van der Waals surface area contributed by atoms with Gasteiger partial charge in [0.05, 0.1) is 6.04 Å². The summed E-state index contributed by atoms with van der Waals surface area (Å²) < 4.78 is 5.93. The van der Waals surface area contributed by atoms with E-state index in [0.29, 0.717) is 13.0 Å². The van der Waals surface area contributed by atoms with E-state index in [1.807, 2.05) is 54.6 Å². The summed E-state index contributed by atoms with van der Waals surface area (Å²) in [6, 6.07) is 25.0. The Hall–Kier alpha value is -3.15. The number of hydrogen-bond acceptors (Lipinski definition) is 4. The van der Waals surface area contributed by atoms with Gasteiger partial charge >= 0.3 is 0 Å². The van der Waals surface area contributed by atoms with Gasteiger partial charge in [-0.05, 0) is 40.8 Å². The molecular weight excluding hydrogens is 340 g/mol. The summed E-state index contributed by atoms with van der Waals surface area (Å²) in [6.07, 6.45) is 0.337. The Kier molecular flexibility index (Phi) is 6.20. The van der Waals surface area contributed by atoms with Gasteiger partial charge in [-0.1, -0.05) is 66.7 Å². The molecule has 3 aromatic carbocycles. The molecule has 3 aromatic rings. The third-order valence-electron chi connectivity index (χ3n) is 4.32. The zero-order valence-corrected chi connectivity index (χ0v) is 14.8. The number of nitrogens with one attached hydrogen (secondary N) is 1. The van der Waals surface area contributed by atoms with Crippen molar-refractivity contribution in [3.8, 4) is 16.9 Å². The van der Waals surface area contributed by atoms with Crippen molar-refractivity contribution < 1.29 is 14.7 Å². The van der Waals surface area contributed by atoms with Gasteiger partial charge in [0.2, 0.25) is 0 Å². The molecule has 27 heavy (non-hydrogen) atoms. The predicted octanol–water partition coefficient (Wildman–Crippen LogP) is 3.31. The Morgan fingerprint density at radius 3 is 2.33 bits per heavy atom. The fraction of sp³-hybridized carbons (Fsp3) is 0.136. The van der Waals surface area contributed by atoms with Crippen LogP contribution in [0.4, 0.5) is 0 Å². The minimum Gasteiger partial charge on any atom is -0.489 e. The van der Waals surface area contributed by atoms with E-state index in [0.717, 1.165) is 28.0 Å². The largest absolute Gasteiger partial charge is 0.489 e. The molecule has 0 aliphatic carbocycles. The highest BCUT2D eigenvalue weighted by molar-refractivity contribution is 5.80. The normalized spacial score (nSPS) is 11.6. The summed E-state index contributed by atoms with van der Waals surface area (Å²) in [4.78, 5) is 11.3. The van der Waals surface area contributed by atoms with Crippen molar-refractivity contribution in [2.75, 3.05) is 0 Å². The van der Waals surface area contributed by atoms with Crippen molar-refractivity contribution in [3.63, 3.8) is 0 Å². The summed E-state index contributed by atoms with van der Waals surface area (Å²) in [6.45, 7) is 0.455. The molecule has 1 amide bonds. The Balaban J connectivity index is 1.65. The summed E-state index contributed by atoms with van der Waals surface area (Å²) in [7, 11) is 0. The first kappa shape index (κ1) is 18.6. The Morgan fingerprint density at radius 2 is 1.63 bits per heavy atom. The highest BCUT2D eigenvalue weighted by Crippen LogP contribution is 2.25. The average molecular weight is 362 g/mol. The lowest BCUT2D eigenvalue weighted by Crippen LogP contribution is -2.40. The molecule has 3 rings (SSSR count). The lowest BCUT2D eigenvalue weighted by atomic mass is 10.0. The van der Waals surface area contributed by atoms with E-state index >= 15 is 0 Å². The van der Waals surface area contributed by atoms with Gasteiger partial charge in [0.1, 0.15) is 12.4 Å². The van der Waals surface area contributed by atoms with Crippen LogP contribution >= 0.6 is 0 Å². The van der Waals surface area contributed by atoms with E-state index in [2.05, 4.69) is 24.3 Å². The zero-order chi connectivity index (χ0) is 19.1. The molecule has 4 N–H and O–H groups in total. The van der Waals surface area contributed by atoms with E-state index in [1.165, 1.54) is 0 Å². The van der Waals surface area contributed by atoms with Crippen molar-refractivity contribution in [1.82, 2.24) is 5.48 Å². The molecule has 0 saturated heterocycles. The fourth-order valence-corrected chi connectivity index (χ4v) is 2.86. The Labute approximate surface area is 158 Å². The van der Waals surface area contributed by atoms with E-state index in [9.17, 15) is 4.79 Å². The number of rotatable bonds is 7. The summed E-state index contributed by atoms with van der Waals surface area (Å²) in [5.74, 6) is 0.134. The quantitative estimate of drug-likeness (QED) is 0.445. The Morgan fingerprint density at radius 1 is 0.963 bits per heavy atom. The molecule has 0 aliphatic heterocycles. The predicted molar refractivity (Wildman–Crippen MR) is 104 cm³/mol. The maximum atomic E-state index is 11.3. The average Bonchev–Trinajstić information content (AvgIpc) is 2.73. The van der Waals surface area contributed by atoms with Gasteiger partial charge in [-0.25, -0.2) is 5.48 Å². The molecule has 0 spiro atoms. The molecule has 1 atom stereocenters. The van der Waals surface area contributed by atoms with Crippen LogP contribution < -0.4 is 16.0 Å². The molecule has 5 nitrogen and oxygen atoms in total. The van der Waals surface area contributed by atoms with Crippen molar-refractivity contribution in [2.45, 2.75) is 19.1 Å². The van der Waals surface area contributed by atoms with Crippen molar-refractivity contribution in [1.29, 1.82) is 0 Å². The molecule has 0 fully saturated rings. The smallest absolute Gasteiger partial charge is 0.260 e. The van der Waals surface area contributed by atoms with Crippen LogP contribution in [0.25, 0.3) is 11.1 Å². The van der Waals surface area contributed by atoms with Crippen LogP contribution in [0.1, 0.15) is 11.1 Å². The van der Waals surface area contributed by atoms with Crippen LogP contribution in [0.15, 0.2) is 78.9 Å². The van der Waals surface area contributed by atoms with Gasteiger partial charge < -0.3 is 10.5 Å². The van der Waals surface area contributed by atoms with Gasteiger partial charge in [-0.3, -0.25) is 10.0 Å². The lowest BCUT2D eigenvalue weighted by Gasteiger charge is -2.12. The van der Waals surface area contributed by atoms with Gasteiger partial charge in [0, 0.05) is 0 Å². The van der Waals surface area contributed by atoms with Gasteiger partial charge in [0.25, 0.3) is 5.91 Å². The molecule has 138 valence electrons. The second kappa shape index (κ2) is 8.98. The first-order valence-electron chi connectivity index (χ1n) is 8.72. The third kappa shape index (κ3) is 4.94. The number of carbonyl (C=O) groups excluding carboxylic acids is 1. The molecule has 0 radical (unpaired) electrons. The Bertz CT molecular complexity index is 880. The molecule has 0 heterocycles. The topological polar surface area (TPSA) is 84.6 Å². The van der Waals surface area contributed by atoms with Crippen molar-refractivity contribution >= 4 is 5.91 Å². The lowest BCUT2D eigenvalue weighted by molar-refractivity contribution is -0.130. The number of carbonyl (C=O) groups is 1. The van der Waals surface area contributed by atoms with Crippen LogP contribution in [-0.4, -0.2) is 17.2 Å². The van der Waals surface area contributed by atoms with E-state index < -0.39 is 11.9 Å². The van der Waals surface area contributed by atoms with Crippen LogP contribution in [-0.2, 0) is 17.8 Å². The third-order valence-corrected chi connectivity index (χ3v) is 4.32. The first-order valence-corrected chi connectivity index (χ1v) is 8.72. The van der Waals surface area contributed by atoms with Crippen LogP contribution in [0.5, 0.6) is 5.75 Å². The summed E-state index contributed by atoms with van der Waals surface area (Å²) >= 11 is 0. The van der Waals surface area contributed by atoms with Crippen molar-refractivity contribution in [3.05, 3.63) is 90.0 Å². The molecule has 0 aliphatic rings. The summed E-state index contributed by atoms with van der Waals surface area (Å²) in [5, 5.41) is 8.61. The standard InChI is InChI=1S/C22H22N2O3/c23-21(22(25)24-26)14-16-10-12-19(13-11-16)27-15-18-8-4-5-9-20(18)17-6-2-1-3-7-17/h1-13,21,26H,14-15,23H2,(H,24,25)/t21-/m0/s1. The number of amides is 1. The second-order valence-electron chi connectivity index (χ2n) is 6.24. The van der Waals surface area contributed by atoms with E-state index in [1.54, 1.807) is 5.48 Å². The molecule has 5 heteroatoms. The fourth-order valence-electron chi connectivity index (χ4n) is 2.86. The van der Waals surface area contributed by atoms with Crippen LogP contribution in [0, 0.1) is 0 Å². The van der Waals surface area contributed by atoms with Gasteiger partial charge in [-0.2, -0.15) is 0 Å². The monoisotopic (exact) mass is 362 g/mol. The number of benzene rings is 3. The van der Waals surface area contributed by atoms with Gasteiger partial charge in [-0.15, -0.1) is 0 Å². The molecular formula is C22H22N2O3. The van der Waals surface area contributed by atoms with Crippen molar-refractivity contribution in [2.24, 2.45) is 5.73 Å². The van der Waals surface area contributed by atoms with Gasteiger partial charge in [0.15, 0.2) is 0 Å². The van der Waals surface area contributed by atoms with E-state index in [-0.39, 0.29) is 0 Å². The maximum Gasteiger partial charge on any atom is 0.260 e. The SMILES string of the molecule is N[C@@H](Cc1ccc(OCc2ccccc2-c2ccccc2)cc1)C(=O)NO. The van der Waals surface area contributed by atoms with E-state index in [4.69, 9.17) is 15.7 Å². The molecule has 0 saturated carbocycles.